The molecular formula is C24H23N7O2. The number of nitrogens with zero attached hydrogens (tertiary/aromatic N) is 7. The minimum atomic E-state index is 0.158. The Morgan fingerprint density at radius 3 is 2.58 bits per heavy atom. The summed E-state index contributed by atoms with van der Waals surface area (Å²) in [6.07, 6.45) is 6.94. The van der Waals surface area contributed by atoms with Gasteiger partial charge in [-0.1, -0.05) is 5.16 Å². The number of aromatic nitrogens is 6. The van der Waals surface area contributed by atoms with Gasteiger partial charge in [0.25, 0.3) is 0 Å². The molecule has 0 N–H and O–H groups in total. The van der Waals surface area contributed by atoms with Crippen molar-refractivity contribution in [1.29, 1.82) is 0 Å². The lowest BCUT2D eigenvalue weighted by molar-refractivity contribution is 0.126. The fraction of sp³-hybridized carbons (Fsp3) is 0.208. The van der Waals surface area contributed by atoms with Crippen molar-refractivity contribution in [2.45, 2.75) is 27.0 Å². The Labute approximate surface area is 190 Å². The topological polar surface area (TPSA) is 91.7 Å². The van der Waals surface area contributed by atoms with E-state index in [1.165, 1.54) is 0 Å². The van der Waals surface area contributed by atoms with Crippen molar-refractivity contribution in [3.05, 3.63) is 83.3 Å². The van der Waals surface area contributed by atoms with Crippen LogP contribution in [0.4, 0.5) is 0 Å². The van der Waals surface area contributed by atoms with Crippen molar-refractivity contribution < 1.29 is 9.57 Å². The molecule has 0 atom stereocenters. The summed E-state index contributed by atoms with van der Waals surface area (Å²) in [5.41, 5.74) is 5.99. The van der Waals surface area contributed by atoms with Gasteiger partial charge in [-0.2, -0.15) is 0 Å². The number of ether oxygens (including phenoxy) is 1. The average molecular weight is 441 g/mol. The standard InChI is InChI=1S/C24H23N7O2/c1-16-17(2)30(13-19-8-10-25-11-9-19)23-22(16)24-28-21(29-31(24)15-26-23)14-33-27-12-18-4-6-20(32-3)7-5-18/h4-12,15H,13-14H2,1-3H3/b27-12-. The van der Waals surface area contributed by atoms with E-state index >= 15 is 0 Å². The van der Waals surface area contributed by atoms with Gasteiger partial charge in [-0.25, -0.2) is 14.5 Å². The highest BCUT2D eigenvalue weighted by Gasteiger charge is 2.18. The predicted octanol–water partition coefficient (Wildman–Crippen LogP) is 3.70. The minimum absolute atomic E-state index is 0.158. The molecule has 9 heteroatoms. The number of fused-ring (bicyclic) bond motifs is 3. The molecular weight excluding hydrogens is 418 g/mol. The van der Waals surface area contributed by atoms with E-state index in [4.69, 9.17) is 14.6 Å². The van der Waals surface area contributed by atoms with E-state index in [1.54, 1.807) is 36.6 Å². The number of hydrogen-bond acceptors (Lipinski definition) is 7. The van der Waals surface area contributed by atoms with Crippen molar-refractivity contribution in [3.8, 4) is 5.75 Å². The Balaban J connectivity index is 1.39. The number of benzene rings is 1. The van der Waals surface area contributed by atoms with Crippen LogP contribution in [0.1, 0.15) is 28.2 Å². The Bertz CT molecular complexity index is 1440. The van der Waals surface area contributed by atoms with E-state index in [0.29, 0.717) is 12.4 Å². The SMILES string of the molecule is COc1ccc(/C=N\OCc2nc3c4c(C)c(C)n(Cc5ccncc5)c4ncn3n2)cc1. The Morgan fingerprint density at radius 1 is 1.03 bits per heavy atom. The van der Waals surface area contributed by atoms with Crippen LogP contribution in [-0.4, -0.2) is 42.5 Å². The van der Waals surface area contributed by atoms with Crippen LogP contribution in [0.3, 0.4) is 0 Å². The molecule has 0 saturated heterocycles. The van der Waals surface area contributed by atoms with Gasteiger partial charge in [0.15, 0.2) is 18.1 Å². The first-order valence-corrected chi connectivity index (χ1v) is 10.5. The smallest absolute Gasteiger partial charge is 0.192 e. The van der Waals surface area contributed by atoms with Gasteiger partial charge in [0.2, 0.25) is 0 Å². The van der Waals surface area contributed by atoms with Crippen molar-refractivity contribution in [2.75, 3.05) is 7.11 Å². The molecule has 0 saturated carbocycles. The molecule has 0 unspecified atom stereocenters. The maximum atomic E-state index is 5.43. The molecule has 9 nitrogen and oxygen atoms in total. The van der Waals surface area contributed by atoms with Crippen LogP contribution in [0, 0.1) is 13.8 Å². The molecule has 0 aliphatic rings. The van der Waals surface area contributed by atoms with Gasteiger partial charge in [0.05, 0.1) is 18.7 Å². The monoisotopic (exact) mass is 441 g/mol. The largest absolute Gasteiger partial charge is 0.497 e. The lowest BCUT2D eigenvalue weighted by Crippen LogP contribution is -2.03. The minimum Gasteiger partial charge on any atom is -0.497 e. The van der Waals surface area contributed by atoms with E-state index in [1.807, 2.05) is 36.4 Å². The molecule has 1 aromatic carbocycles. The molecule has 166 valence electrons. The van der Waals surface area contributed by atoms with E-state index in [2.05, 4.69) is 38.6 Å². The van der Waals surface area contributed by atoms with Crippen molar-refractivity contribution >= 4 is 22.9 Å². The second-order valence-electron chi connectivity index (χ2n) is 7.67. The lowest BCUT2D eigenvalue weighted by atomic mass is 10.2. The summed E-state index contributed by atoms with van der Waals surface area (Å²) < 4.78 is 9.05. The Hall–Kier alpha value is -4.27. The molecule has 5 aromatic rings. The second-order valence-corrected chi connectivity index (χ2v) is 7.67. The first-order chi connectivity index (χ1) is 16.1. The zero-order valence-electron chi connectivity index (χ0n) is 18.6. The average Bonchev–Trinajstić information content (AvgIpc) is 3.37. The summed E-state index contributed by atoms with van der Waals surface area (Å²) in [6.45, 7) is 5.06. The molecule has 0 bridgehead atoms. The maximum absolute atomic E-state index is 5.43. The van der Waals surface area contributed by atoms with Crippen molar-refractivity contribution in [2.24, 2.45) is 5.16 Å². The van der Waals surface area contributed by atoms with E-state index in [9.17, 15) is 0 Å². The van der Waals surface area contributed by atoms with Crippen LogP contribution in [0.25, 0.3) is 16.7 Å². The molecule has 0 aliphatic heterocycles. The molecule has 0 aliphatic carbocycles. The van der Waals surface area contributed by atoms with Crippen molar-refractivity contribution in [1.82, 2.24) is 29.1 Å². The highest BCUT2D eigenvalue weighted by Crippen LogP contribution is 2.27. The number of methoxy groups -OCH3 is 1. The van der Waals surface area contributed by atoms with Gasteiger partial charge >= 0.3 is 0 Å². The van der Waals surface area contributed by atoms with Gasteiger partial charge < -0.3 is 14.1 Å². The highest BCUT2D eigenvalue weighted by molar-refractivity contribution is 5.93. The summed E-state index contributed by atoms with van der Waals surface area (Å²) in [5, 5.41) is 9.52. The van der Waals surface area contributed by atoms with Gasteiger partial charge in [-0.05, 0) is 66.9 Å². The first-order valence-electron chi connectivity index (χ1n) is 10.5. The summed E-state index contributed by atoms with van der Waals surface area (Å²) in [4.78, 5) is 18.9. The third-order valence-electron chi connectivity index (χ3n) is 5.67. The summed E-state index contributed by atoms with van der Waals surface area (Å²) in [5.74, 6) is 1.33. The van der Waals surface area contributed by atoms with Gasteiger partial charge in [0.1, 0.15) is 17.7 Å². The van der Waals surface area contributed by atoms with Gasteiger partial charge in [0, 0.05) is 24.6 Å². The summed E-state index contributed by atoms with van der Waals surface area (Å²) >= 11 is 0. The predicted molar refractivity (Wildman–Crippen MR) is 124 cm³/mol. The maximum Gasteiger partial charge on any atom is 0.192 e. The molecule has 0 radical (unpaired) electrons. The fourth-order valence-electron chi connectivity index (χ4n) is 3.78. The normalized spacial score (nSPS) is 11.6. The van der Waals surface area contributed by atoms with Crippen LogP contribution in [-0.2, 0) is 18.0 Å². The van der Waals surface area contributed by atoms with E-state index in [-0.39, 0.29) is 6.61 Å². The van der Waals surface area contributed by atoms with Crippen molar-refractivity contribution in [3.63, 3.8) is 0 Å². The van der Waals surface area contributed by atoms with E-state index in [0.717, 1.165) is 44.8 Å². The van der Waals surface area contributed by atoms with Crippen LogP contribution >= 0.6 is 0 Å². The summed E-state index contributed by atoms with van der Waals surface area (Å²) in [6, 6.07) is 11.6. The molecule has 5 rings (SSSR count). The number of aryl methyl sites for hydroxylation is 1. The molecule has 33 heavy (non-hydrogen) atoms. The molecule has 0 amide bonds. The van der Waals surface area contributed by atoms with Crippen LogP contribution in [0.5, 0.6) is 5.75 Å². The molecule has 0 fully saturated rings. The number of oxime groups is 1. The molecule has 4 aromatic heterocycles. The van der Waals surface area contributed by atoms with Gasteiger partial charge in [-0.3, -0.25) is 4.98 Å². The Morgan fingerprint density at radius 2 is 1.82 bits per heavy atom. The second kappa shape index (κ2) is 8.70. The van der Waals surface area contributed by atoms with Crippen LogP contribution in [0.2, 0.25) is 0 Å². The lowest BCUT2D eigenvalue weighted by Gasteiger charge is -2.07. The quantitative estimate of drug-likeness (QED) is 0.283. The highest BCUT2D eigenvalue weighted by atomic mass is 16.6. The number of pyridine rings is 1. The number of hydrogen-bond donors (Lipinski definition) is 0. The zero-order chi connectivity index (χ0) is 22.8. The molecule has 0 spiro atoms. The fourth-order valence-corrected chi connectivity index (χ4v) is 3.78. The van der Waals surface area contributed by atoms with Crippen LogP contribution < -0.4 is 4.74 Å². The molecule has 4 heterocycles. The first kappa shape index (κ1) is 20.6. The summed E-state index contributed by atoms with van der Waals surface area (Å²) in [7, 11) is 1.64. The number of rotatable bonds is 7. The van der Waals surface area contributed by atoms with E-state index < -0.39 is 0 Å². The third kappa shape index (κ3) is 4.00. The Kier molecular flexibility index (Phi) is 5.43. The van der Waals surface area contributed by atoms with Gasteiger partial charge in [-0.15, -0.1) is 5.10 Å². The zero-order valence-corrected chi connectivity index (χ0v) is 18.6. The van der Waals surface area contributed by atoms with Crippen LogP contribution in [0.15, 0.2) is 60.3 Å². The third-order valence-corrected chi connectivity index (χ3v) is 5.67.